The third-order valence-corrected chi connectivity index (χ3v) is 1.27. The van der Waals surface area contributed by atoms with Crippen LogP contribution in [0, 0.1) is 10.1 Å². The first-order valence-corrected chi connectivity index (χ1v) is 3.13. The molecule has 2 N–H and O–H groups in total. The van der Waals surface area contributed by atoms with Gasteiger partial charge in [0.25, 0.3) is 11.2 Å². The molecular weight excluding hydrogens is 180 g/mol. The Morgan fingerprint density at radius 2 is 2.15 bits per heavy atom. The van der Waals surface area contributed by atoms with Gasteiger partial charge in [0, 0.05) is 6.07 Å². The molecule has 0 unspecified atom stereocenters. The minimum Gasteiger partial charge on any atom is -0.477 e. The molecule has 0 saturated heterocycles. The predicted molar refractivity (Wildman–Crippen MR) is 40.7 cm³/mol. The van der Waals surface area contributed by atoms with Crippen LogP contribution in [0.2, 0.25) is 0 Å². The Balaban J connectivity index is 3.35. The monoisotopic (exact) mass is 184 g/mol. The number of pyridine rings is 1. The summed E-state index contributed by atoms with van der Waals surface area (Å²) >= 11 is 0. The van der Waals surface area contributed by atoms with E-state index in [1.807, 2.05) is 4.98 Å². The smallest absolute Gasteiger partial charge is 0.352 e. The van der Waals surface area contributed by atoms with E-state index in [-0.39, 0.29) is 0 Å². The number of carboxylic acids is 1. The lowest BCUT2D eigenvalue weighted by molar-refractivity contribution is -0.385. The van der Waals surface area contributed by atoms with Gasteiger partial charge in [-0.05, 0) is 0 Å². The molecule has 0 saturated carbocycles. The van der Waals surface area contributed by atoms with Crippen LogP contribution in [0.15, 0.2) is 16.9 Å². The number of hydrogen-bond donors (Lipinski definition) is 2. The Labute approximate surface area is 70.8 Å². The maximum absolute atomic E-state index is 10.7. The van der Waals surface area contributed by atoms with Crippen molar-refractivity contribution in [2.75, 3.05) is 0 Å². The molecule has 0 spiro atoms. The fourth-order valence-electron chi connectivity index (χ4n) is 0.749. The Bertz CT molecular complexity index is 386. The number of aromatic amines is 1. The Morgan fingerprint density at radius 1 is 1.54 bits per heavy atom. The normalized spacial score (nSPS) is 9.54. The maximum Gasteiger partial charge on any atom is 0.352 e. The summed E-state index contributed by atoms with van der Waals surface area (Å²) < 4.78 is 0. The standard InChI is InChI=1S/C6H4N2O5/c9-5-2-3(8(12)13)1-4(7-5)6(10)11/h1-2H,(H,7,9)(H,10,11). The zero-order valence-corrected chi connectivity index (χ0v) is 6.18. The van der Waals surface area contributed by atoms with Gasteiger partial charge < -0.3 is 10.1 Å². The van der Waals surface area contributed by atoms with Gasteiger partial charge >= 0.3 is 5.97 Å². The summed E-state index contributed by atoms with van der Waals surface area (Å²) in [5.74, 6) is -1.42. The van der Waals surface area contributed by atoms with Gasteiger partial charge in [-0.1, -0.05) is 0 Å². The zero-order chi connectivity index (χ0) is 10.0. The van der Waals surface area contributed by atoms with Crippen LogP contribution in [0.3, 0.4) is 0 Å². The number of aromatic nitrogens is 1. The van der Waals surface area contributed by atoms with E-state index in [1.165, 1.54) is 0 Å². The second kappa shape index (κ2) is 3.05. The van der Waals surface area contributed by atoms with E-state index >= 15 is 0 Å². The maximum atomic E-state index is 10.7. The molecule has 13 heavy (non-hydrogen) atoms. The molecule has 1 aromatic heterocycles. The topological polar surface area (TPSA) is 113 Å². The minimum absolute atomic E-state index is 0.501. The van der Waals surface area contributed by atoms with E-state index in [2.05, 4.69) is 0 Å². The SMILES string of the molecule is O=C(O)c1cc([N+](=O)[O-])cc(=O)[nH]1. The second-order valence-corrected chi connectivity index (χ2v) is 2.18. The number of nitrogens with one attached hydrogen (secondary N) is 1. The van der Waals surface area contributed by atoms with Crippen molar-refractivity contribution in [3.8, 4) is 0 Å². The minimum atomic E-state index is -1.42. The van der Waals surface area contributed by atoms with Crippen molar-refractivity contribution < 1.29 is 14.8 Å². The van der Waals surface area contributed by atoms with Gasteiger partial charge in [0.1, 0.15) is 5.69 Å². The molecule has 1 aromatic rings. The average molecular weight is 184 g/mol. The van der Waals surface area contributed by atoms with Gasteiger partial charge in [0.15, 0.2) is 0 Å². The van der Waals surface area contributed by atoms with Gasteiger partial charge in [-0.25, -0.2) is 4.79 Å². The molecule has 0 bridgehead atoms. The average Bonchev–Trinajstić information content (AvgIpc) is 2.03. The third kappa shape index (κ3) is 1.89. The first kappa shape index (κ1) is 8.91. The fraction of sp³-hybridized carbons (Fsp3) is 0. The van der Waals surface area contributed by atoms with E-state index in [1.54, 1.807) is 0 Å². The molecule has 0 aliphatic rings. The van der Waals surface area contributed by atoms with Crippen LogP contribution in [0.4, 0.5) is 5.69 Å². The van der Waals surface area contributed by atoms with Crippen molar-refractivity contribution in [3.63, 3.8) is 0 Å². The van der Waals surface area contributed by atoms with Crippen LogP contribution in [-0.2, 0) is 0 Å². The van der Waals surface area contributed by atoms with Crippen molar-refractivity contribution in [3.05, 3.63) is 38.3 Å². The van der Waals surface area contributed by atoms with Crippen LogP contribution in [-0.4, -0.2) is 21.0 Å². The summed E-state index contributed by atoms with van der Waals surface area (Å²) in [4.78, 5) is 32.3. The molecule has 0 aliphatic carbocycles. The Morgan fingerprint density at radius 3 is 2.62 bits per heavy atom. The molecule has 0 radical (unpaired) electrons. The third-order valence-electron chi connectivity index (χ3n) is 1.27. The summed E-state index contributed by atoms with van der Waals surface area (Å²) in [6.45, 7) is 0. The predicted octanol–water partition coefficient (Wildman–Crippen LogP) is -0.0187. The largest absolute Gasteiger partial charge is 0.477 e. The zero-order valence-electron chi connectivity index (χ0n) is 6.18. The number of carbonyl (C=O) groups is 1. The van der Waals surface area contributed by atoms with E-state index in [4.69, 9.17) is 5.11 Å². The van der Waals surface area contributed by atoms with E-state index in [0.29, 0.717) is 6.07 Å². The highest BCUT2D eigenvalue weighted by atomic mass is 16.6. The van der Waals surface area contributed by atoms with Crippen LogP contribution >= 0.6 is 0 Å². The van der Waals surface area contributed by atoms with Gasteiger partial charge in [0.05, 0.1) is 11.0 Å². The summed E-state index contributed by atoms with van der Waals surface area (Å²) in [5, 5.41) is 18.6. The van der Waals surface area contributed by atoms with E-state index < -0.39 is 27.8 Å². The molecule has 7 heteroatoms. The molecular formula is C6H4N2O5. The number of rotatable bonds is 2. The number of hydrogen-bond acceptors (Lipinski definition) is 4. The lowest BCUT2D eigenvalue weighted by Crippen LogP contribution is -2.12. The molecule has 0 aromatic carbocycles. The molecule has 0 aliphatic heterocycles. The molecule has 7 nitrogen and oxygen atoms in total. The van der Waals surface area contributed by atoms with Crippen molar-refractivity contribution in [2.45, 2.75) is 0 Å². The van der Waals surface area contributed by atoms with Gasteiger partial charge in [0.2, 0.25) is 0 Å². The number of nitrogens with zero attached hydrogens (tertiary/aromatic N) is 1. The quantitative estimate of drug-likeness (QED) is 0.495. The highest BCUT2D eigenvalue weighted by Gasteiger charge is 2.12. The van der Waals surface area contributed by atoms with Crippen molar-refractivity contribution in [1.29, 1.82) is 0 Å². The van der Waals surface area contributed by atoms with Gasteiger partial charge in [-0.3, -0.25) is 14.9 Å². The number of nitro groups is 1. The summed E-state index contributed by atoms with van der Waals surface area (Å²) in [7, 11) is 0. The first-order chi connectivity index (χ1) is 6.00. The van der Waals surface area contributed by atoms with Crippen molar-refractivity contribution in [1.82, 2.24) is 4.98 Å². The molecule has 68 valence electrons. The second-order valence-electron chi connectivity index (χ2n) is 2.18. The van der Waals surface area contributed by atoms with Crippen LogP contribution in [0.1, 0.15) is 10.5 Å². The molecule has 0 amide bonds. The Hall–Kier alpha value is -2.18. The lowest BCUT2D eigenvalue weighted by Gasteiger charge is -1.93. The first-order valence-electron chi connectivity index (χ1n) is 3.13. The summed E-state index contributed by atoms with van der Waals surface area (Å²) in [5.41, 5.74) is -1.85. The molecule has 0 fully saturated rings. The summed E-state index contributed by atoms with van der Waals surface area (Å²) in [6, 6.07) is 1.50. The Kier molecular flexibility index (Phi) is 2.09. The number of aromatic carboxylic acids is 1. The highest BCUT2D eigenvalue weighted by molar-refractivity contribution is 5.85. The number of H-pyrrole nitrogens is 1. The van der Waals surface area contributed by atoms with Gasteiger partial charge in [-0.15, -0.1) is 0 Å². The van der Waals surface area contributed by atoms with Crippen LogP contribution in [0.25, 0.3) is 0 Å². The van der Waals surface area contributed by atoms with Crippen molar-refractivity contribution in [2.24, 2.45) is 0 Å². The fourth-order valence-corrected chi connectivity index (χ4v) is 0.749. The van der Waals surface area contributed by atoms with Crippen LogP contribution < -0.4 is 5.56 Å². The van der Waals surface area contributed by atoms with E-state index in [0.717, 1.165) is 6.07 Å². The van der Waals surface area contributed by atoms with Gasteiger partial charge in [-0.2, -0.15) is 0 Å². The van der Waals surface area contributed by atoms with E-state index in [9.17, 15) is 19.7 Å². The molecule has 1 rings (SSSR count). The molecule has 0 atom stereocenters. The molecule has 1 heterocycles. The number of carboxylic acid groups (broad SMARTS) is 1. The van der Waals surface area contributed by atoms with Crippen molar-refractivity contribution >= 4 is 11.7 Å². The summed E-state index contributed by atoms with van der Waals surface area (Å²) in [6.07, 6.45) is 0. The lowest BCUT2D eigenvalue weighted by atomic mass is 10.3. The highest BCUT2D eigenvalue weighted by Crippen LogP contribution is 2.07. The van der Waals surface area contributed by atoms with Crippen LogP contribution in [0.5, 0.6) is 0 Å².